The van der Waals surface area contributed by atoms with Crippen LogP contribution >= 0.6 is 0 Å². The molecule has 0 aliphatic carbocycles. The Morgan fingerprint density at radius 1 is 1.10 bits per heavy atom. The molecular formula is C22H23N5O3. The molecule has 3 aromatic heterocycles. The van der Waals surface area contributed by atoms with Gasteiger partial charge in [-0.05, 0) is 37.6 Å². The van der Waals surface area contributed by atoms with Gasteiger partial charge in [0.1, 0.15) is 18.1 Å². The summed E-state index contributed by atoms with van der Waals surface area (Å²) < 4.78 is 15.0. The van der Waals surface area contributed by atoms with Gasteiger partial charge in [0, 0.05) is 24.5 Å². The fraction of sp³-hybridized carbons (Fsp3) is 0.227. The van der Waals surface area contributed by atoms with Crippen molar-refractivity contribution < 1.29 is 13.9 Å². The predicted molar refractivity (Wildman–Crippen MR) is 111 cm³/mol. The number of hydrogen-bond donors (Lipinski definition) is 1. The molecule has 0 atom stereocenters. The lowest BCUT2D eigenvalue weighted by atomic mass is 10.2. The molecule has 0 unspecified atom stereocenters. The first-order valence-corrected chi connectivity index (χ1v) is 9.73. The van der Waals surface area contributed by atoms with E-state index in [1.54, 1.807) is 29.2 Å². The van der Waals surface area contributed by atoms with Gasteiger partial charge < -0.3 is 14.5 Å². The zero-order chi connectivity index (χ0) is 20.9. The first-order chi connectivity index (χ1) is 14.6. The zero-order valence-electron chi connectivity index (χ0n) is 16.9. The van der Waals surface area contributed by atoms with Crippen molar-refractivity contribution in [3.63, 3.8) is 0 Å². The van der Waals surface area contributed by atoms with Crippen molar-refractivity contribution in [2.24, 2.45) is 0 Å². The third-order valence-electron chi connectivity index (χ3n) is 4.60. The highest BCUT2D eigenvalue weighted by molar-refractivity contribution is 6.02. The third-order valence-corrected chi connectivity index (χ3v) is 4.60. The van der Waals surface area contributed by atoms with E-state index in [9.17, 15) is 4.79 Å². The van der Waals surface area contributed by atoms with Crippen LogP contribution in [0.5, 0.6) is 5.75 Å². The van der Waals surface area contributed by atoms with Crippen LogP contribution in [-0.2, 0) is 19.7 Å². The monoisotopic (exact) mass is 405 g/mol. The van der Waals surface area contributed by atoms with Crippen molar-refractivity contribution in [2.45, 2.75) is 33.5 Å². The van der Waals surface area contributed by atoms with Crippen molar-refractivity contribution in [3.8, 4) is 5.75 Å². The molecule has 0 bridgehead atoms. The topological polar surface area (TPSA) is 87.1 Å². The Balaban J connectivity index is 1.33. The average molecular weight is 405 g/mol. The first kappa shape index (κ1) is 19.5. The Morgan fingerprint density at radius 2 is 1.93 bits per heavy atom. The molecule has 0 radical (unpaired) electrons. The molecule has 0 spiro atoms. The van der Waals surface area contributed by atoms with Crippen LogP contribution in [0.4, 0.5) is 5.69 Å². The SMILES string of the molecule is CCn1cc(Cn2cc(NC(=O)c3ccc(COc4ccccc4C)o3)cn2)cn1. The zero-order valence-corrected chi connectivity index (χ0v) is 16.9. The summed E-state index contributed by atoms with van der Waals surface area (Å²) >= 11 is 0. The number of rotatable bonds is 8. The van der Waals surface area contributed by atoms with Gasteiger partial charge in [-0.15, -0.1) is 0 Å². The maximum atomic E-state index is 12.5. The van der Waals surface area contributed by atoms with E-state index in [2.05, 4.69) is 15.5 Å². The van der Waals surface area contributed by atoms with E-state index in [1.807, 2.05) is 55.2 Å². The fourth-order valence-electron chi connectivity index (χ4n) is 3.00. The van der Waals surface area contributed by atoms with Crippen molar-refractivity contribution in [3.05, 3.63) is 83.8 Å². The number of ether oxygens (including phenoxy) is 1. The molecule has 30 heavy (non-hydrogen) atoms. The molecule has 0 aliphatic rings. The Hall–Kier alpha value is -3.81. The molecule has 0 fully saturated rings. The normalized spacial score (nSPS) is 10.9. The average Bonchev–Trinajstić information content (AvgIpc) is 3.49. The number of amides is 1. The Morgan fingerprint density at radius 3 is 2.73 bits per heavy atom. The summed E-state index contributed by atoms with van der Waals surface area (Å²) in [5, 5.41) is 11.3. The summed E-state index contributed by atoms with van der Waals surface area (Å²) in [7, 11) is 0. The molecule has 0 saturated carbocycles. The van der Waals surface area contributed by atoms with Gasteiger partial charge in [0.25, 0.3) is 5.91 Å². The van der Waals surface area contributed by atoms with Gasteiger partial charge in [0.05, 0.1) is 24.6 Å². The summed E-state index contributed by atoms with van der Waals surface area (Å²) in [5.74, 6) is 1.25. The number of nitrogens with zero attached hydrogens (tertiary/aromatic N) is 4. The molecule has 1 amide bonds. The van der Waals surface area contributed by atoms with Crippen LogP contribution in [0, 0.1) is 6.92 Å². The van der Waals surface area contributed by atoms with Crippen LogP contribution in [0.1, 0.15) is 34.4 Å². The second-order valence-electron chi connectivity index (χ2n) is 6.91. The van der Waals surface area contributed by atoms with Gasteiger partial charge in [-0.2, -0.15) is 10.2 Å². The van der Waals surface area contributed by atoms with Gasteiger partial charge in [-0.25, -0.2) is 0 Å². The van der Waals surface area contributed by atoms with Gasteiger partial charge in [0.15, 0.2) is 5.76 Å². The van der Waals surface area contributed by atoms with E-state index < -0.39 is 0 Å². The summed E-state index contributed by atoms with van der Waals surface area (Å²) in [5.41, 5.74) is 2.68. The number of benzene rings is 1. The van der Waals surface area contributed by atoms with E-state index in [1.165, 1.54) is 0 Å². The summed E-state index contributed by atoms with van der Waals surface area (Å²) in [4.78, 5) is 12.5. The van der Waals surface area contributed by atoms with Crippen molar-refractivity contribution in [1.82, 2.24) is 19.6 Å². The van der Waals surface area contributed by atoms with E-state index >= 15 is 0 Å². The minimum absolute atomic E-state index is 0.218. The number of aromatic nitrogens is 4. The number of para-hydroxylation sites is 1. The number of nitrogens with one attached hydrogen (secondary N) is 1. The smallest absolute Gasteiger partial charge is 0.291 e. The van der Waals surface area contributed by atoms with Crippen LogP contribution < -0.4 is 10.1 Å². The molecular weight excluding hydrogens is 382 g/mol. The van der Waals surface area contributed by atoms with Crippen LogP contribution in [0.3, 0.4) is 0 Å². The van der Waals surface area contributed by atoms with E-state index in [0.29, 0.717) is 18.0 Å². The molecule has 0 aliphatic heterocycles. The predicted octanol–water partition coefficient (Wildman–Crippen LogP) is 3.88. The molecule has 1 aromatic carbocycles. The van der Waals surface area contributed by atoms with E-state index in [0.717, 1.165) is 23.4 Å². The maximum Gasteiger partial charge on any atom is 0.291 e. The molecule has 1 N–H and O–H groups in total. The Kier molecular flexibility index (Phi) is 5.65. The maximum absolute atomic E-state index is 12.5. The summed E-state index contributed by atoms with van der Waals surface area (Å²) in [6.45, 7) is 5.67. The molecule has 8 heteroatoms. The van der Waals surface area contributed by atoms with Crippen molar-refractivity contribution in [2.75, 3.05) is 5.32 Å². The number of hydrogen-bond acceptors (Lipinski definition) is 5. The number of carbonyl (C=O) groups is 1. The molecule has 4 rings (SSSR count). The van der Waals surface area contributed by atoms with Crippen LogP contribution in [0.15, 0.2) is 65.6 Å². The largest absolute Gasteiger partial charge is 0.485 e. The minimum atomic E-state index is -0.338. The summed E-state index contributed by atoms with van der Waals surface area (Å²) in [6, 6.07) is 11.1. The third kappa shape index (κ3) is 4.60. The molecule has 3 heterocycles. The van der Waals surface area contributed by atoms with Crippen LogP contribution in [0.25, 0.3) is 0 Å². The standard InChI is InChI=1S/C22H23N5O3/c1-3-26-12-17(10-23-26)13-27-14-18(11-24-27)25-22(28)21-9-8-19(30-21)15-29-20-7-5-4-6-16(20)2/h4-12,14H,3,13,15H2,1-2H3,(H,25,28). The van der Waals surface area contributed by atoms with Crippen LogP contribution in [-0.4, -0.2) is 25.5 Å². The molecule has 8 nitrogen and oxygen atoms in total. The highest BCUT2D eigenvalue weighted by Crippen LogP contribution is 2.19. The van der Waals surface area contributed by atoms with Gasteiger partial charge in [-0.3, -0.25) is 14.2 Å². The van der Waals surface area contributed by atoms with E-state index in [4.69, 9.17) is 9.15 Å². The second kappa shape index (κ2) is 8.69. The van der Waals surface area contributed by atoms with E-state index in [-0.39, 0.29) is 18.3 Å². The highest BCUT2D eigenvalue weighted by atomic mass is 16.5. The fourth-order valence-corrected chi connectivity index (χ4v) is 3.00. The Bertz CT molecular complexity index is 1140. The number of aryl methyl sites for hydroxylation is 2. The minimum Gasteiger partial charge on any atom is -0.485 e. The lowest BCUT2D eigenvalue weighted by molar-refractivity contribution is 0.0992. The number of carbonyl (C=O) groups excluding carboxylic acids is 1. The second-order valence-corrected chi connectivity index (χ2v) is 6.91. The van der Waals surface area contributed by atoms with Crippen molar-refractivity contribution >= 4 is 11.6 Å². The lowest BCUT2D eigenvalue weighted by Gasteiger charge is -2.06. The highest BCUT2D eigenvalue weighted by Gasteiger charge is 2.13. The van der Waals surface area contributed by atoms with Crippen molar-refractivity contribution in [1.29, 1.82) is 0 Å². The number of furan rings is 1. The first-order valence-electron chi connectivity index (χ1n) is 9.73. The van der Waals surface area contributed by atoms with Crippen LogP contribution in [0.2, 0.25) is 0 Å². The lowest BCUT2D eigenvalue weighted by Crippen LogP contribution is -2.10. The van der Waals surface area contributed by atoms with Gasteiger partial charge in [0.2, 0.25) is 0 Å². The van der Waals surface area contributed by atoms with Gasteiger partial charge >= 0.3 is 0 Å². The number of anilines is 1. The Labute approximate surface area is 174 Å². The van der Waals surface area contributed by atoms with Gasteiger partial charge in [-0.1, -0.05) is 18.2 Å². The summed E-state index contributed by atoms with van der Waals surface area (Å²) in [6.07, 6.45) is 7.16. The molecule has 154 valence electrons. The quantitative estimate of drug-likeness (QED) is 0.481. The molecule has 0 saturated heterocycles. The molecule has 4 aromatic rings.